The quantitative estimate of drug-likeness (QED) is 0.616. The zero-order valence-corrected chi connectivity index (χ0v) is 8.74. The van der Waals surface area contributed by atoms with Gasteiger partial charge in [-0.1, -0.05) is 18.9 Å². The molecule has 1 aliphatic carbocycles. The minimum absolute atomic E-state index is 0.231. The maximum atomic E-state index is 11.6. The molecule has 0 aromatic carbocycles. The Balaban J connectivity index is 1.80. The molecule has 1 amide bonds. The van der Waals surface area contributed by atoms with Gasteiger partial charge in [-0.2, -0.15) is 0 Å². The lowest BCUT2D eigenvalue weighted by Gasteiger charge is -2.12. The number of rotatable bonds is 2. The molecule has 0 radical (unpaired) electrons. The van der Waals surface area contributed by atoms with Crippen molar-refractivity contribution in [2.24, 2.45) is 5.92 Å². The van der Waals surface area contributed by atoms with Crippen molar-refractivity contribution in [3.63, 3.8) is 0 Å². The van der Waals surface area contributed by atoms with Gasteiger partial charge in [-0.25, -0.2) is 0 Å². The fourth-order valence-electron chi connectivity index (χ4n) is 2.41. The molecule has 0 N–H and O–H groups in total. The second-order valence-electron chi connectivity index (χ2n) is 4.44. The Morgan fingerprint density at radius 3 is 2.36 bits per heavy atom. The van der Waals surface area contributed by atoms with Gasteiger partial charge in [0, 0.05) is 13.1 Å². The first-order valence-corrected chi connectivity index (χ1v) is 5.83. The van der Waals surface area contributed by atoms with Crippen LogP contribution in [0.1, 0.15) is 38.5 Å². The monoisotopic (exact) mass is 193 g/mol. The summed E-state index contributed by atoms with van der Waals surface area (Å²) in [5.74, 6) is 0.913. The molecule has 2 heteroatoms. The molecule has 0 unspecified atom stereocenters. The van der Waals surface area contributed by atoms with E-state index in [0.717, 1.165) is 13.1 Å². The molecule has 78 valence electrons. The number of allylic oxidation sites excluding steroid dienone is 1. The van der Waals surface area contributed by atoms with Crippen LogP contribution in [-0.4, -0.2) is 23.9 Å². The van der Waals surface area contributed by atoms with Crippen molar-refractivity contribution in [3.05, 3.63) is 12.2 Å². The summed E-state index contributed by atoms with van der Waals surface area (Å²) in [5, 5.41) is 0. The predicted octanol–water partition coefficient (Wildman–Crippen LogP) is 2.36. The van der Waals surface area contributed by atoms with Crippen LogP contribution >= 0.6 is 0 Å². The molecule has 14 heavy (non-hydrogen) atoms. The fraction of sp³-hybridized carbons (Fsp3) is 0.750. The van der Waals surface area contributed by atoms with Gasteiger partial charge in [0.1, 0.15) is 0 Å². The number of nitrogens with zero attached hydrogens (tertiary/aromatic N) is 1. The summed E-state index contributed by atoms with van der Waals surface area (Å²) in [6.45, 7) is 1.93. The van der Waals surface area contributed by atoms with Crippen LogP contribution in [0.15, 0.2) is 12.2 Å². The number of amides is 1. The highest BCUT2D eigenvalue weighted by atomic mass is 16.2. The lowest BCUT2D eigenvalue weighted by atomic mass is 10.1. The van der Waals surface area contributed by atoms with Gasteiger partial charge in [-0.3, -0.25) is 4.79 Å². The number of hydrogen-bond acceptors (Lipinski definition) is 1. The average Bonchev–Trinajstić information content (AvgIpc) is 2.87. The predicted molar refractivity (Wildman–Crippen MR) is 56.9 cm³/mol. The van der Waals surface area contributed by atoms with Crippen LogP contribution < -0.4 is 0 Å². The Morgan fingerprint density at radius 2 is 1.71 bits per heavy atom. The molecule has 0 aromatic heterocycles. The standard InChI is InChI=1S/C12H19NO/c14-12(13-9-3-4-10-13)8-7-11-5-1-2-6-11/h7-8,11H,1-6,9-10H2/b8-7+. The minimum Gasteiger partial charge on any atom is -0.339 e. The van der Waals surface area contributed by atoms with Crippen LogP contribution in [0.5, 0.6) is 0 Å². The second kappa shape index (κ2) is 4.63. The van der Waals surface area contributed by atoms with Gasteiger partial charge in [0.05, 0.1) is 0 Å². The summed E-state index contributed by atoms with van der Waals surface area (Å²) in [7, 11) is 0. The molecule has 1 saturated carbocycles. The lowest BCUT2D eigenvalue weighted by molar-refractivity contribution is -0.125. The molecule has 0 atom stereocenters. The molecule has 0 aromatic rings. The third-order valence-electron chi connectivity index (χ3n) is 3.33. The van der Waals surface area contributed by atoms with Crippen molar-refractivity contribution in [1.29, 1.82) is 0 Å². The molecule has 2 nitrogen and oxygen atoms in total. The normalized spacial score (nSPS) is 23.9. The topological polar surface area (TPSA) is 20.3 Å². The number of carbonyl (C=O) groups is 1. The van der Waals surface area contributed by atoms with Gasteiger partial charge in [0.2, 0.25) is 5.91 Å². The van der Waals surface area contributed by atoms with Gasteiger partial charge >= 0.3 is 0 Å². The van der Waals surface area contributed by atoms with Crippen LogP contribution in [0.25, 0.3) is 0 Å². The van der Waals surface area contributed by atoms with E-state index in [1.165, 1.54) is 38.5 Å². The highest BCUT2D eigenvalue weighted by molar-refractivity contribution is 5.87. The van der Waals surface area contributed by atoms with Crippen molar-refractivity contribution in [1.82, 2.24) is 4.90 Å². The molecule has 2 fully saturated rings. The second-order valence-corrected chi connectivity index (χ2v) is 4.44. The molecule has 1 saturated heterocycles. The van der Waals surface area contributed by atoms with E-state index in [1.54, 1.807) is 6.08 Å². The highest BCUT2D eigenvalue weighted by Gasteiger charge is 2.16. The van der Waals surface area contributed by atoms with E-state index in [2.05, 4.69) is 6.08 Å². The van der Waals surface area contributed by atoms with Crippen LogP contribution in [0.2, 0.25) is 0 Å². The largest absolute Gasteiger partial charge is 0.339 e. The molecule has 2 rings (SSSR count). The van der Waals surface area contributed by atoms with Gasteiger partial charge in [-0.15, -0.1) is 0 Å². The van der Waals surface area contributed by atoms with Gasteiger partial charge in [0.25, 0.3) is 0 Å². The van der Waals surface area contributed by atoms with Crippen molar-refractivity contribution in [2.45, 2.75) is 38.5 Å². The van der Waals surface area contributed by atoms with Crippen LogP contribution in [0.4, 0.5) is 0 Å². The minimum atomic E-state index is 0.231. The summed E-state index contributed by atoms with van der Waals surface area (Å²) < 4.78 is 0. The first-order chi connectivity index (χ1) is 6.86. The SMILES string of the molecule is O=C(/C=C/C1CCCC1)N1CCCC1. The maximum Gasteiger partial charge on any atom is 0.246 e. The number of carbonyl (C=O) groups excluding carboxylic acids is 1. The molecule has 0 spiro atoms. The Morgan fingerprint density at radius 1 is 1.07 bits per heavy atom. The maximum absolute atomic E-state index is 11.6. The smallest absolute Gasteiger partial charge is 0.246 e. The van der Waals surface area contributed by atoms with Crippen molar-refractivity contribution >= 4 is 5.91 Å². The van der Waals surface area contributed by atoms with E-state index in [-0.39, 0.29) is 5.91 Å². The van der Waals surface area contributed by atoms with E-state index in [0.29, 0.717) is 5.92 Å². The van der Waals surface area contributed by atoms with Crippen LogP contribution in [0.3, 0.4) is 0 Å². The zero-order valence-electron chi connectivity index (χ0n) is 8.74. The lowest BCUT2D eigenvalue weighted by Crippen LogP contribution is -2.25. The van der Waals surface area contributed by atoms with E-state index < -0.39 is 0 Å². The molecular weight excluding hydrogens is 174 g/mol. The number of hydrogen-bond donors (Lipinski definition) is 0. The Hall–Kier alpha value is -0.790. The Bertz CT molecular complexity index is 222. The summed E-state index contributed by atoms with van der Waals surface area (Å²) in [6.07, 6.45) is 11.5. The summed E-state index contributed by atoms with van der Waals surface area (Å²) in [5.41, 5.74) is 0. The van der Waals surface area contributed by atoms with Gasteiger partial charge in [-0.05, 0) is 37.7 Å². The van der Waals surface area contributed by atoms with Crippen LogP contribution in [-0.2, 0) is 4.79 Å². The van der Waals surface area contributed by atoms with E-state index in [4.69, 9.17) is 0 Å². The third-order valence-corrected chi connectivity index (χ3v) is 3.33. The summed E-state index contributed by atoms with van der Waals surface area (Å²) in [6, 6.07) is 0. The van der Waals surface area contributed by atoms with Crippen LogP contribution in [0, 0.1) is 5.92 Å². The van der Waals surface area contributed by atoms with E-state index in [1.807, 2.05) is 4.90 Å². The van der Waals surface area contributed by atoms with Gasteiger partial charge < -0.3 is 4.90 Å². The third kappa shape index (κ3) is 2.37. The summed E-state index contributed by atoms with van der Waals surface area (Å²) >= 11 is 0. The molecular formula is C12H19NO. The zero-order chi connectivity index (χ0) is 9.80. The van der Waals surface area contributed by atoms with Crippen molar-refractivity contribution < 1.29 is 4.79 Å². The fourth-order valence-corrected chi connectivity index (χ4v) is 2.41. The Labute approximate surface area is 86.0 Å². The average molecular weight is 193 g/mol. The molecule has 0 bridgehead atoms. The number of likely N-dealkylation sites (tertiary alicyclic amines) is 1. The molecule has 2 aliphatic rings. The van der Waals surface area contributed by atoms with Gasteiger partial charge in [0.15, 0.2) is 0 Å². The summed E-state index contributed by atoms with van der Waals surface area (Å²) in [4.78, 5) is 13.6. The van der Waals surface area contributed by atoms with E-state index in [9.17, 15) is 4.79 Å². The first kappa shape index (κ1) is 9.75. The van der Waals surface area contributed by atoms with E-state index >= 15 is 0 Å². The molecule has 1 aliphatic heterocycles. The Kier molecular flexibility index (Phi) is 3.22. The van der Waals surface area contributed by atoms with Crippen molar-refractivity contribution in [2.75, 3.05) is 13.1 Å². The molecule has 1 heterocycles. The first-order valence-electron chi connectivity index (χ1n) is 5.83. The van der Waals surface area contributed by atoms with Crippen molar-refractivity contribution in [3.8, 4) is 0 Å². The highest BCUT2D eigenvalue weighted by Crippen LogP contribution is 2.25.